The molecule has 21 heavy (non-hydrogen) atoms. The van der Waals surface area contributed by atoms with Gasteiger partial charge in [0.2, 0.25) is 0 Å². The number of hydrogen-bond donors (Lipinski definition) is 2. The summed E-state index contributed by atoms with van der Waals surface area (Å²) in [6.07, 6.45) is 9.91. The zero-order valence-corrected chi connectivity index (χ0v) is 12.1. The minimum Gasteiger partial charge on any atom is -0.508 e. The van der Waals surface area contributed by atoms with Crippen LogP contribution >= 0.6 is 0 Å². The lowest BCUT2D eigenvalue weighted by Gasteiger charge is -2.01. The predicted octanol–water partition coefficient (Wildman–Crippen LogP) is 3.41. The topological polar surface area (TPSA) is 66.2 Å². The van der Waals surface area contributed by atoms with Gasteiger partial charge in [0.15, 0.2) is 0 Å². The van der Waals surface area contributed by atoms with Crippen molar-refractivity contribution >= 4 is 6.08 Å². The molecule has 0 saturated carbocycles. The summed E-state index contributed by atoms with van der Waals surface area (Å²) in [5.74, 6) is 0.239. The smallest absolute Gasteiger partial charge is 0.115 e. The SMILES string of the molecule is CC(O)CCCC=Cc1cnc(-c2ccc(O)cc2)cn1. The number of allylic oxidation sites excluding steroid dienone is 1. The van der Waals surface area contributed by atoms with Gasteiger partial charge >= 0.3 is 0 Å². The van der Waals surface area contributed by atoms with Gasteiger partial charge in [-0.15, -0.1) is 0 Å². The van der Waals surface area contributed by atoms with Crippen molar-refractivity contribution in [3.05, 3.63) is 48.4 Å². The number of nitrogens with zero attached hydrogens (tertiary/aromatic N) is 2. The van der Waals surface area contributed by atoms with Gasteiger partial charge in [0.05, 0.1) is 29.9 Å². The fourth-order valence-corrected chi connectivity index (χ4v) is 1.94. The van der Waals surface area contributed by atoms with Gasteiger partial charge < -0.3 is 10.2 Å². The van der Waals surface area contributed by atoms with E-state index in [2.05, 4.69) is 9.97 Å². The molecule has 0 saturated heterocycles. The Kier molecular flexibility index (Phi) is 5.46. The third-order valence-electron chi connectivity index (χ3n) is 3.12. The molecule has 1 aromatic carbocycles. The van der Waals surface area contributed by atoms with Crippen LogP contribution < -0.4 is 0 Å². The summed E-state index contributed by atoms with van der Waals surface area (Å²) >= 11 is 0. The third kappa shape index (κ3) is 5.00. The first-order chi connectivity index (χ1) is 10.1. The average Bonchev–Trinajstić information content (AvgIpc) is 2.48. The second-order valence-electron chi connectivity index (χ2n) is 5.06. The lowest BCUT2D eigenvalue weighted by molar-refractivity contribution is 0.182. The molecule has 0 aliphatic carbocycles. The first-order valence-corrected chi connectivity index (χ1v) is 7.11. The van der Waals surface area contributed by atoms with Gasteiger partial charge in [-0.05, 0) is 56.5 Å². The lowest BCUT2D eigenvalue weighted by Crippen LogP contribution is -1.97. The van der Waals surface area contributed by atoms with E-state index in [1.165, 1.54) is 0 Å². The van der Waals surface area contributed by atoms with Gasteiger partial charge in [0.25, 0.3) is 0 Å². The maximum atomic E-state index is 9.26. The fourth-order valence-electron chi connectivity index (χ4n) is 1.94. The van der Waals surface area contributed by atoms with Crippen molar-refractivity contribution in [2.75, 3.05) is 0 Å². The summed E-state index contributed by atoms with van der Waals surface area (Å²) < 4.78 is 0. The maximum absolute atomic E-state index is 9.26. The highest BCUT2D eigenvalue weighted by Gasteiger charge is 2.00. The van der Waals surface area contributed by atoms with Crippen LogP contribution in [-0.4, -0.2) is 26.3 Å². The number of rotatable bonds is 6. The van der Waals surface area contributed by atoms with E-state index in [1.807, 2.05) is 24.3 Å². The van der Waals surface area contributed by atoms with E-state index < -0.39 is 0 Å². The third-order valence-corrected chi connectivity index (χ3v) is 3.12. The summed E-state index contributed by atoms with van der Waals surface area (Å²) in [7, 11) is 0. The van der Waals surface area contributed by atoms with Crippen LogP contribution in [0.2, 0.25) is 0 Å². The quantitative estimate of drug-likeness (QED) is 0.798. The minimum absolute atomic E-state index is 0.234. The van der Waals surface area contributed by atoms with Crippen LogP contribution in [0.1, 0.15) is 31.9 Å². The Morgan fingerprint density at radius 1 is 1.14 bits per heavy atom. The zero-order chi connectivity index (χ0) is 15.1. The van der Waals surface area contributed by atoms with Crippen molar-refractivity contribution in [2.45, 2.75) is 32.3 Å². The molecule has 0 aliphatic heterocycles. The molecule has 110 valence electrons. The first kappa shape index (κ1) is 15.2. The molecule has 0 radical (unpaired) electrons. The molecule has 2 aromatic rings. The van der Waals surface area contributed by atoms with E-state index in [0.29, 0.717) is 0 Å². The molecule has 1 aromatic heterocycles. The van der Waals surface area contributed by atoms with Gasteiger partial charge in [-0.2, -0.15) is 0 Å². The largest absolute Gasteiger partial charge is 0.508 e. The number of aromatic nitrogens is 2. The predicted molar refractivity (Wildman–Crippen MR) is 83.7 cm³/mol. The van der Waals surface area contributed by atoms with Crippen LogP contribution in [0.4, 0.5) is 0 Å². The summed E-state index contributed by atoms with van der Waals surface area (Å²) in [5.41, 5.74) is 2.52. The lowest BCUT2D eigenvalue weighted by atomic mass is 10.1. The van der Waals surface area contributed by atoms with Gasteiger partial charge in [-0.1, -0.05) is 6.08 Å². The molecule has 4 nitrogen and oxygen atoms in total. The van der Waals surface area contributed by atoms with Crippen molar-refractivity contribution < 1.29 is 10.2 Å². The Bertz CT molecular complexity index is 575. The molecule has 4 heteroatoms. The van der Waals surface area contributed by atoms with Crippen molar-refractivity contribution in [3.63, 3.8) is 0 Å². The van der Waals surface area contributed by atoms with Crippen LogP contribution in [-0.2, 0) is 0 Å². The highest BCUT2D eigenvalue weighted by molar-refractivity contribution is 5.59. The standard InChI is InChI=1S/C17H20N2O2/c1-13(20)5-3-2-4-6-15-11-19-17(12-18-15)14-7-9-16(21)10-8-14/h4,6-13,20-21H,2-3,5H2,1H3. The number of aromatic hydroxyl groups is 1. The summed E-state index contributed by atoms with van der Waals surface area (Å²) in [6.45, 7) is 1.80. The average molecular weight is 284 g/mol. The Morgan fingerprint density at radius 2 is 1.90 bits per heavy atom. The molecule has 2 N–H and O–H groups in total. The first-order valence-electron chi connectivity index (χ1n) is 7.11. The highest BCUT2D eigenvalue weighted by Crippen LogP contribution is 2.19. The number of unbranched alkanes of at least 4 members (excludes halogenated alkanes) is 1. The summed E-state index contributed by atoms with van der Waals surface area (Å²) in [4.78, 5) is 8.72. The number of benzene rings is 1. The zero-order valence-electron chi connectivity index (χ0n) is 12.1. The van der Waals surface area contributed by atoms with Gasteiger partial charge in [0.1, 0.15) is 5.75 Å². The molecule has 0 amide bonds. The second kappa shape index (κ2) is 7.55. The van der Waals surface area contributed by atoms with Gasteiger partial charge in [-0.25, -0.2) is 0 Å². The molecule has 0 bridgehead atoms. The van der Waals surface area contributed by atoms with E-state index in [0.717, 1.165) is 36.2 Å². The number of hydrogen-bond acceptors (Lipinski definition) is 4. The monoisotopic (exact) mass is 284 g/mol. The minimum atomic E-state index is -0.234. The van der Waals surface area contributed by atoms with E-state index in [4.69, 9.17) is 5.11 Å². The second-order valence-corrected chi connectivity index (χ2v) is 5.06. The fraction of sp³-hybridized carbons (Fsp3) is 0.294. The van der Waals surface area contributed by atoms with Crippen LogP contribution in [0, 0.1) is 0 Å². The molecule has 1 atom stereocenters. The van der Waals surface area contributed by atoms with Crippen molar-refractivity contribution in [2.24, 2.45) is 0 Å². The number of aliphatic hydroxyl groups is 1. The molecule has 0 fully saturated rings. The van der Waals surface area contributed by atoms with Crippen LogP contribution in [0.5, 0.6) is 5.75 Å². The van der Waals surface area contributed by atoms with Crippen LogP contribution in [0.3, 0.4) is 0 Å². The molecule has 1 heterocycles. The molecular weight excluding hydrogens is 264 g/mol. The molecular formula is C17H20N2O2. The summed E-state index contributed by atoms with van der Waals surface area (Å²) in [5, 5.41) is 18.4. The van der Waals surface area contributed by atoms with Crippen molar-refractivity contribution in [3.8, 4) is 17.0 Å². The molecule has 1 unspecified atom stereocenters. The number of phenolic OH excluding ortho intramolecular Hbond substituents is 1. The maximum Gasteiger partial charge on any atom is 0.115 e. The van der Waals surface area contributed by atoms with Crippen LogP contribution in [0.25, 0.3) is 17.3 Å². The van der Waals surface area contributed by atoms with Gasteiger partial charge in [0, 0.05) is 5.56 Å². The van der Waals surface area contributed by atoms with Gasteiger partial charge in [-0.3, -0.25) is 9.97 Å². The highest BCUT2D eigenvalue weighted by atomic mass is 16.3. The molecule has 0 aliphatic rings. The van der Waals surface area contributed by atoms with E-state index in [1.54, 1.807) is 31.5 Å². The Hall–Kier alpha value is -2.20. The van der Waals surface area contributed by atoms with E-state index in [9.17, 15) is 5.11 Å². The summed E-state index contributed by atoms with van der Waals surface area (Å²) in [6, 6.07) is 6.88. The van der Waals surface area contributed by atoms with Crippen LogP contribution in [0.15, 0.2) is 42.7 Å². The number of phenols is 1. The van der Waals surface area contributed by atoms with Crippen molar-refractivity contribution in [1.29, 1.82) is 0 Å². The van der Waals surface area contributed by atoms with E-state index >= 15 is 0 Å². The van der Waals surface area contributed by atoms with E-state index in [-0.39, 0.29) is 11.9 Å². The molecule has 2 rings (SSSR count). The Balaban J connectivity index is 1.92. The van der Waals surface area contributed by atoms with Crippen molar-refractivity contribution in [1.82, 2.24) is 9.97 Å². The Labute approximate surface area is 124 Å². The molecule has 0 spiro atoms. The normalized spacial score (nSPS) is 12.7. The number of aliphatic hydroxyl groups excluding tert-OH is 1. The Morgan fingerprint density at radius 3 is 2.52 bits per heavy atom.